The van der Waals surface area contributed by atoms with Gasteiger partial charge in [-0.3, -0.25) is 14.9 Å². The summed E-state index contributed by atoms with van der Waals surface area (Å²) in [5.74, 6) is -0.425. The maximum atomic E-state index is 12.3. The van der Waals surface area contributed by atoms with E-state index in [0.717, 1.165) is 10.3 Å². The molecule has 0 aliphatic carbocycles. The van der Waals surface area contributed by atoms with Gasteiger partial charge in [0.25, 0.3) is 11.6 Å². The smallest absolute Gasteiger partial charge is 0.293 e. The van der Waals surface area contributed by atoms with Gasteiger partial charge in [0.1, 0.15) is 5.69 Å². The van der Waals surface area contributed by atoms with Crippen LogP contribution in [0.2, 0.25) is 0 Å². The lowest BCUT2D eigenvalue weighted by atomic mass is 10.1. The number of benzene rings is 2. The summed E-state index contributed by atoms with van der Waals surface area (Å²) in [7, 11) is 0. The monoisotopic (exact) mass is 328 g/mol. The molecule has 7 nitrogen and oxygen atoms in total. The number of nitro groups is 1. The number of aryl methyl sites for hydroxylation is 1. The summed E-state index contributed by atoms with van der Waals surface area (Å²) >= 11 is 1.28. The van der Waals surface area contributed by atoms with E-state index in [1.165, 1.54) is 23.5 Å². The summed E-state index contributed by atoms with van der Waals surface area (Å²) in [6.45, 7) is 1.75. The number of amides is 1. The zero-order valence-electron chi connectivity index (χ0n) is 12.1. The van der Waals surface area contributed by atoms with Gasteiger partial charge in [0.2, 0.25) is 0 Å². The number of nitro benzene ring substituents is 1. The number of aromatic nitrogens is 1. The normalized spacial score (nSPS) is 10.7. The Morgan fingerprint density at radius 2 is 2.09 bits per heavy atom. The average molecular weight is 328 g/mol. The van der Waals surface area contributed by atoms with Crippen molar-refractivity contribution < 1.29 is 9.72 Å². The molecule has 3 N–H and O–H groups in total. The van der Waals surface area contributed by atoms with Crippen molar-refractivity contribution in [3.05, 3.63) is 57.6 Å². The van der Waals surface area contributed by atoms with Crippen LogP contribution in [0.4, 0.5) is 16.5 Å². The number of rotatable bonds is 3. The molecule has 0 saturated heterocycles. The predicted octanol–water partition coefficient (Wildman–Crippen LogP) is 3.35. The van der Waals surface area contributed by atoms with Crippen LogP contribution < -0.4 is 11.1 Å². The van der Waals surface area contributed by atoms with E-state index in [9.17, 15) is 14.9 Å². The second kappa shape index (κ2) is 5.65. The Bertz CT molecular complexity index is 936. The summed E-state index contributed by atoms with van der Waals surface area (Å²) in [5, 5.41) is 14.1. The van der Waals surface area contributed by atoms with Crippen molar-refractivity contribution in [2.45, 2.75) is 6.92 Å². The average Bonchev–Trinajstić information content (AvgIpc) is 2.87. The SMILES string of the molecule is Cc1ccc(NC(=O)c2ccc3nc(N)sc3c2)c([N+](=O)[O-])c1. The van der Waals surface area contributed by atoms with E-state index in [-0.39, 0.29) is 11.4 Å². The fourth-order valence-electron chi connectivity index (χ4n) is 2.18. The van der Waals surface area contributed by atoms with Gasteiger partial charge in [-0.15, -0.1) is 0 Å². The summed E-state index contributed by atoms with van der Waals surface area (Å²) in [5.41, 5.74) is 7.51. The van der Waals surface area contributed by atoms with Gasteiger partial charge in [-0.25, -0.2) is 4.98 Å². The number of hydrogen-bond acceptors (Lipinski definition) is 6. The number of carbonyl (C=O) groups is 1. The third-order valence-electron chi connectivity index (χ3n) is 3.27. The molecule has 1 aromatic heterocycles. The molecular formula is C15H12N4O3S. The van der Waals surface area contributed by atoms with Crippen molar-refractivity contribution in [1.82, 2.24) is 4.98 Å². The van der Waals surface area contributed by atoms with E-state index in [1.54, 1.807) is 31.2 Å². The van der Waals surface area contributed by atoms with Crippen molar-refractivity contribution in [3.8, 4) is 0 Å². The molecule has 116 valence electrons. The molecule has 1 amide bonds. The highest BCUT2D eigenvalue weighted by atomic mass is 32.1. The van der Waals surface area contributed by atoms with Gasteiger partial charge >= 0.3 is 0 Å². The predicted molar refractivity (Wildman–Crippen MR) is 89.8 cm³/mol. The van der Waals surface area contributed by atoms with Crippen molar-refractivity contribution in [1.29, 1.82) is 0 Å². The molecule has 0 saturated carbocycles. The molecule has 0 fully saturated rings. The fraction of sp³-hybridized carbons (Fsp3) is 0.0667. The summed E-state index contributed by atoms with van der Waals surface area (Å²) < 4.78 is 0.786. The van der Waals surface area contributed by atoms with Gasteiger partial charge in [-0.05, 0) is 36.8 Å². The number of fused-ring (bicyclic) bond motifs is 1. The fourth-order valence-corrected chi connectivity index (χ4v) is 2.95. The first-order valence-electron chi connectivity index (χ1n) is 6.66. The Hall–Kier alpha value is -3.00. The molecule has 2 aromatic carbocycles. The topological polar surface area (TPSA) is 111 Å². The van der Waals surface area contributed by atoms with E-state index < -0.39 is 10.8 Å². The summed E-state index contributed by atoms with van der Waals surface area (Å²) in [6, 6.07) is 9.61. The third kappa shape index (κ3) is 2.97. The Kier molecular flexibility index (Phi) is 3.67. The van der Waals surface area contributed by atoms with Crippen LogP contribution in [0.5, 0.6) is 0 Å². The molecular weight excluding hydrogens is 316 g/mol. The molecule has 0 unspecified atom stereocenters. The number of thiazole rings is 1. The lowest BCUT2D eigenvalue weighted by Crippen LogP contribution is -2.13. The van der Waals surface area contributed by atoms with Crippen LogP contribution in [-0.2, 0) is 0 Å². The van der Waals surface area contributed by atoms with Gasteiger partial charge in [-0.2, -0.15) is 0 Å². The summed E-state index contributed by atoms with van der Waals surface area (Å²) in [6.07, 6.45) is 0. The molecule has 0 spiro atoms. The number of hydrogen-bond donors (Lipinski definition) is 2. The number of nitrogen functional groups attached to an aromatic ring is 1. The molecule has 3 aromatic rings. The molecule has 0 aliphatic heterocycles. The van der Waals surface area contributed by atoms with Crippen LogP contribution in [0, 0.1) is 17.0 Å². The maximum absolute atomic E-state index is 12.3. The van der Waals surface area contributed by atoms with Crippen LogP contribution in [0.3, 0.4) is 0 Å². The van der Waals surface area contributed by atoms with Gasteiger partial charge in [0, 0.05) is 11.6 Å². The van der Waals surface area contributed by atoms with Crippen LogP contribution >= 0.6 is 11.3 Å². The van der Waals surface area contributed by atoms with Crippen molar-refractivity contribution in [2.24, 2.45) is 0 Å². The van der Waals surface area contributed by atoms with E-state index >= 15 is 0 Å². The van der Waals surface area contributed by atoms with Crippen molar-refractivity contribution >= 4 is 44.0 Å². The molecule has 1 heterocycles. The van der Waals surface area contributed by atoms with E-state index in [4.69, 9.17) is 5.73 Å². The Morgan fingerprint density at radius 1 is 1.30 bits per heavy atom. The number of carbonyl (C=O) groups excluding carboxylic acids is 1. The van der Waals surface area contributed by atoms with E-state index in [2.05, 4.69) is 10.3 Å². The lowest BCUT2D eigenvalue weighted by molar-refractivity contribution is -0.384. The van der Waals surface area contributed by atoms with Gasteiger partial charge in [-0.1, -0.05) is 17.4 Å². The first kappa shape index (κ1) is 14.9. The van der Waals surface area contributed by atoms with Crippen LogP contribution in [0.1, 0.15) is 15.9 Å². The van der Waals surface area contributed by atoms with Crippen LogP contribution in [-0.4, -0.2) is 15.8 Å². The van der Waals surface area contributed by atoms with Crippen LogP contribution in [0.15, 0.2) is 36.4 Å². The minimum Gasteiger partial charge on any atom is -0.375 e. The second-order valence-electron chi connectivity index (χ2n) is 4.97. The van der Waals surface area contributed by atoms with Crippen LogP contribution in [0.25, 0.3) is 10.2 Å². The highest BCUT2D eigenvalue weighted by Gasteiger charge is 2.17. The van der Waals surface area contributed by atoms with Gasteiger partial charge < -0.3 is 11.1 Å². The quantitative estimate of drug-likeness (QED) is 0.565. The maximum Gasteiger partial charge on any atom is 0.293 e. The molecule has 3 rings (SSSR count). The largest absolute Gasteiger partial charge is 0.375 e. The van der Waals surface area contributed by atoms with Crippen molar-refractivity contribution in [3.63, 3.8) is 0 Å². The first-order valence-corrected chi connectivity index (χ1v) is 7.48. The van der Waals surface area contributed by atoms with Gasteiger partial charge in [0.05, 0.1) is 15.1 Å². The Labute approximate surface area is 134 Å². The Morgan fingerprint density at radius 3 is 2.83 bits per heavy atom. The highest BCUT2D eigenvalue weighted by Crippen LogP contribution is 2.27. The van der Waals surface area contributed by atoms with E-state index in [1.807, 2.05) is 0 Å². The van der Waals surface area contributed by atoms with Crippen molar-refractivity contribution in [2.75, 3.05) is 11.1 Å². The second-order valence-corrected chi connectivity index (χ2v) is 6.03. The summed E-state index contributed by atoms with van der Waals surface area (Å²) in [4.78, 5) is 27.0. The number of nitrogens with zero attached hydrogens (tertiary/aromatic N) is 2. The molecule has 0 atom stereocenters. The standard InChI is InChI=1S/C15H12N4O3S/c1-8-2-4-10(12(6-8)19(21)22)17-14(20)9-3-5-11-13(7-9)23-15(16)18-11/h2-7H,1H3,(H2,16,18)(H,17,20). The zero-order valence-corrected chi connectivity index (χ0v) is 12.9. The first-order chi connectivity index (χ1) is 10.9. The number of nitrogens with two attached hydrogens (primary N) is 1. The minimum atomic E-state index is -0.518. The molecule has 0 bridgehead atoms. The highest BCUT2D eigenvalue weighted by molar-refractivity contribution is 7.22. The molecule has 23 heavy (non-hydrogen) atoms. The van der Waals surface area contributed by atoms with E-state index in [0.29, 0.717) is 16.2 Å². The third-order valence-corrected chi connectivity index (χ3v) is 4.11. The van der Waals surface area contributed by atoms with Gasteiger partial charge in [0.15, 0.2) is 5.13 Å². The Balaban J connectivity index is 1.92. The number of nitrogens with one attached hydrogen (secondary N) is 1. The lowest BCUT2D eigenvalue weighted by Gasteiger charge is -2.06. The molecule has 8 heteroatoms. The number of anilines is 2. The molecule has 0 aliphatic rings. The zero-order chi connectivity index (χ0) is 16.6. The minimum absolute atomic E-state index is 0.138. The molecule has 0 radical (unpaired) electrons.